The Morgan fingerprint density at radius 2 is 2.09 bits per heavy atom. The molecule has 1 saturated carbocycles. The molecule has 1 N–H and O–H groups in total. The lowest BCUT2D eigenvalue weighted by Crippen LogP contribution is -2.36. The van der Waals surface area contributed by atoms with Gasteiger partial charge in [0, 0.05) is 11.6 Å². The number of tetrazole rings is 1. The number of nitrogens with one attached hydrogen (secondary N) is 1. The average Bonchev–Trinajstić information content (AvgIpc) is 3.28. The molecule has 3 rings (SSSR count). The average molecular weight is 299 g/mol. The molecule has 0 bridgehead atoms. The molecule has 22 heavy (non-hydrogen) atoms. The van der Waals surface area contributed by atoms with Crippen LogP contribution in [0, 0.1) is 5.92 Å². The molecule has 0 saturated heterocycles. The van der Waals surface area contributed by atoms with E-state index >= 15 is 0 Å². The van der Waals surface area contributed by atoms with Gasteiger partial charge in [-0.25, -0.2) is 0 Å². The van der Waals surface area contributed by atoms with Gasteiger partial charge in [0.1, 0.15) is 6.54 Å². The quantitative estimate of drug-likeness (QED) is 0.883. The van der Waals surface area contributed by atoms with Crippen molar-refractivity contribution in [3.8, 4) is 11.4 Å². The Morgan fingerprint density at radius 1 is 1.36 bits per heavy atom. The van der Waals surface area contributed by atoms with Crippen molar-refractivity contribution in [1.82, 2.24) is 25.5 Å². The van der Waals surface area contributed by atoms with Gasteiger partial charge in [0.25, 0.3) is 0 Å². The molecule has 0 unspecified atom stereocenters. The lowest BCUT2D eigenvalue weighted by molar-refractivity contribution is -0.122. The van der Waals surface area contributed by atoms with Crippen LogP contribution >= 0.6 is 0 Å². The highest BCUT2D eigenvalue weighted by molar-refractivity contribution is 5.75. The predicted octanol–water partition coefficient (Wildman–Crippen LogP) is 1.82. The SMILES string of the molecule is CCc1ccc(-c2nnn(CC(=O)N[C@H](C)C3CC3)n2)cc1. The van der Waals surface area contributed by atoms with Gasteiger partial charge in [-0.05, 0) is 42.9 Å². The van der Waals surface area contributed by atoms with Gasteiger partial charge in [-0.2, -0.15) is 4.80 Å². The Labute approximate surface area is 129 Å². The zero-order valence-electron chi connectivity index (χ0n) is 13.0. The lowest BCUT2D eigenvalue weighted by atomic mass is 10.1. The van der Waals surface area contributed by atoms with Gasteiger partial charge < -0.3 is 5.32 Å². The fourth-order valence-corrected chi connectivity index (χ4v) is 2.46. The molecule has 1 fully saturated rings. The molecule has 116 valence electrons. The normalized spacial score (nSPS) is 15.5. The third kappa shape index (κ3) is 3.50. The standard InChI is InChI=1S/C16H21N5O/c1-3-12-4-6-14(7-5-12)16-18-20-21(19-16)10-15(22)17-11(2)13-8-9-13/h4-7,11,13H,3,8-10H2,1-2H3,(H,17,22)/t11-/m1/s1. The molecular weight excluding hydrogens is 278 g/mol. The van der Waals surface area contributed by atoms with Crippen molar-refractivity contribution >= 4 is 5.91 Å². The van der Waals surface area contributed by atoms with Crippen LogP contribution in [0.25, 0.3) is 11.4 Å². The van der Waals surface area contributed by atoms with Crippen molar-refractivity contribution in [3.63, 3.8) is 0 Å². The largest absolute Gasteiger partial charge is 0.352 e. The second-order valence-electron chi connectivity index (χ2n) is 5.89. The summed E-state index contributed by atoms with van der Waals surface area (Å²) in [4.78, 5) is 13.3. The minimum absolute atomic E-state index is 0.0651. The molecule has 1 heterocycles. The van der Waals surface area contributed by atoms with E-state index in [1.54, 1.807) is 0 Å². The summed E-state index contributed by atoms with van der Waals surface area (Å²) < 4.78 is 0. The summed E-state index contributed by atoms with van der Waals surface area (Å²) in [6.07, 6.45) is 3.42. The molecule has 1 aliphatic rings. The van der Waals surface area contributed by atoms with E-state index in [1.807, 2.05) is 19.1 Å². The minimum Gasteiger partial charge on any atom is -0.352 e. The van der Waals surface area contributed by atoms with E-state index < -0.39 is 0 Å². The van der Waals surface area contributed by atoms with Gasteiger partial charge in [0.15, 0.2) is 0 Å². The van der Waals surface area contributed by atoms with Crippen LogP contribution < -0.4 is 5.32 Å². The number of aryl methyl sites for hydroxylation is 1. The van der Waals surface area contributed by atoms with Gasteiger partial charge in [0.05, 0.1) is 0 Å². The van der Waals surface area contributed by atoms with Crippen molar-refractivity contribution in [3.05, 3.63) is 29.8 Å². The van der Waals surface area contributed by atoms with Crippen LogP contribution in [0.1, 0.15) is 32.3 Å². The van der Waals surface area contributed by atoms with Gasteiger partial charge in [0.2, 0.25) is 11.7 Å². The first-order valence-corrected chi connectivity index (χ1v) is 7.82. The summed E-state index contributed by atoms with van der Waals surface area (Å²) >= 11 is 0. The molecule has 1 amide bonds. The van der Waals surface area contributed by atoms with Crippen molar-refractivity contribution in [2.75, 3.05) is 0 Å². The van der Waals surface area contributed by atoms with Crippen LogP contribution in [0.2, 0.25) is 0 Å². The van der Waals surface area contributed by atoms with E-state index in [4.69, 9.17) is 0 Å². The number of rotatable bonds is 6. The molecule has 1 aromatic carbocycles. The fraction of sp³-hybridized carbons (Fsp3) is 0.500. The summed E-state index contributed by atoms with van der Waals surface area (Å²) in [5.41, 5.74) is 2.18. The van der Waals surface area contributed by atoms with E-state index in [1.165, 1.54) is 23.2 Å². The van der Waals surface area contributed by atoms with Crippen LogP contribution in [0.5, 0.6) is 0 Å². The molecule has 6 nitrogen and oxygen atoms in total. The third-order valence-electron chi connectivity index (χ3n) is 4.08. The first-order valence-electron chi connectivity index (χ1n) is 7.82. The Morgan fingerprint density at radius 3 is 2.73 bits per heavy atom. The summed E-state index contributed by atoms with van der Waals surface area (Å²) in [7, 11) is 0. The number of benzene rings is 1. The number of nitrogens with zero attached hydrogens (tertiary/aromatic N) is 4. The van der Waals surface area contributed by atoms with Crippen LogP contribution in [-0.2, 0) is 17.8 Å². The van der Waals surface area contributed by atoms with Gasteiger partial charge in [-0.15, -0.1) is 10.2 Å². The molecule has 1 aromatic heterocycles. The highest BCUT2D eigenvalue weighted by atomic mass is 16.2. The molecule has 0 spiro atoms. The van der Waals surface area contributed by atoms with Crippen LogP contribution in [0.3, 0.4) is 0 Å². The summed E-state index contributed by atoms with van der Waals surface area (Å²) in [6.45, 7) is 4.27. The van der Waals surface area contributed by atoms with Gasteiger partial charge >= 0.3 is 0 Å². The van der Waals surface area contributed by atoms with E-state index in [9.17, 15) is 4.79 Å². The van der Waals surface area contributed by atoms with Crippen LogP contribution in [-0.4, -0.2) is 32.2 Å². The maximum absolute atomic E-state index is 11.9. The topological polar surface area (TPSA) is 72.7 Å². The minimum atomic E-state index is -0.0651. The van der Waals surface area contributed by atoms with Gasteiger partial charge in [-0.1, -0.05) is 31.2 Å². The lowest BCUT2D eigenvalue weighted by Gasteiger charge is -2.11. The Hall–Kier alpha value is -2.24. The van der Waals surface area contributed by atoms with E-state index in [2.05, 4.69) is 39.8 Å². The van der Waals surface area contributed by atoms with E-state index in [0.717, 1.165) is 12.0 Å². The van der Waals surface area contributed by atoms with Crippen LogP contribution in [0.15, 0.2) is 24.3 Å². The third-order valence-corrected chi connectivity index (χ3v) is 4.08. The number of hydrogen-bond donors (Lipinski definition) is 1. The zero-order chi connectivity index (χ0) is 15.5. The summed E-state index contributed by atoms with van der Waals surface area (Å²) in [5.74, 6) is 1.12. The van der Waals surface area contributed by atoms with Crippen molar-refractivity contribution in [2.24, 2.45) is 5.92 Å². The molecule has 0 aliphatic heterocycles. The number of amides is 1. The second kappa shape index (κ2) is 6.25. The maximum atomic E-state index is 11.9. The molecule has 1 atom stereocenters. The first kappa shape index (κ1) is 14.7. The smallest absolute Gasteiger partial charge is 0.243 e. The highest BCUT2D eigenvalue weighted by Gasteiger charge is 2.28. The number of hydrogen-bond acceptors (Lipinski definition) is 4. The van der Waals surface area contributed by atoms with E-state index in [-0.39, 0.29) is 18.5 Å². The molecular formula is C16H21N5O. The van der Waals surface area contributed by atoms with Crippen molar-refractivity contribution < 1.29 is 4.79 Å². The fourth-order valence-electron chi connectivity index (χ4n) is 2.46. The first-order chi connectivity index (χ1) is 10.7. The number of carbonyl (C=O) groups is 1. The van der Waals surface area contributed by atoms with Crippen molar-refractivity contribution in [2.45, 2.75) is 45.7 Å². The Balaban J connectivity index is 1.61. The monoisotopic (exact) mass is 299 g/mol. The highest BCUT2D eigenvalue weighted by Crippen LogP contribution is 2.32. The van der Waals surface area contributed by atoms with E-state index in [0.29, 0.717) is 11.7 Å². The number of carbonyl (C=O) groups excluding carboxylic acids is 1. The Kier molecular flexibility index (Phi) is 4.18. The van der Waals surface area contributed by atoms with Crippen molar-refractivity contribution in [1.29, 1.82) is 0 Å². The summed E-state index contributed by atoms with van der Waals surface area (Å²) in [6, 6.07) is 8.31. The zero-order valence-corrected chi connectivity index (χ0v) is 13.0. The summed E-state index contributed by atoms with van der Waals surface area (Å²) in [5, 5.41) is 15.2. The van der Waals surface area contributed by atoms with Gasteiger partial charge in [-0.3, -0.25) is 4.79 Å². The Bertz CT molecular complexity index is 645. The molecule has 2 aromatic rings. The molecule has 6 heteroatoms. The van der Waals surface area contributed by atoms with Crippen LogP contribution in [0.4, 0.5) is 0 Å². The predicted molar refractivity (Wildman–Crippen MR) is 83.0 cm³/mol. The molecule has 0 radical (unpaired) electrons. The maximum Gasteiger partial charge on any atom is 0.243 e. The molecule has 1 aliphatic carbocycles. The number of aromatic nitrogens is 4. The second-order valence-corrected chi connectivity index (χ2v) is 5.89.